The first-order valence-electron chi connectivity index (χ1n) is 7.64. The number of thiophene rings is 2. The Bertz CT molecular complexity index is 764. The van der Waals surface area contributed by atoms with Crippen LogP contribution in [0.4, 0.5) is 0 Å². The molecule has 2 aromatic rings. The molecule has 0 aliphatic carbocycles. The summed E-state index contributed by atoms with van der Waals surface area (Å²) in [5.41, 5.74) is 0. The maximum Gasteiger partial charge on any atom is 0.261 e. The smallest absolute Gasteiger partial charge is 0.261 e. The lowest BCUT2D eigenvalue weighted by Crippen LogP contribution is -2.30. The zero-order valence-corrected chi connectivity index (χ0v) is 16.4. The third kappa shape index (κ3) is 5.70. The summed E-state index contributed by atoms with van der Waals surface area (Å²) < 4.78 is 24.6. The number of hydrogen-bond acceptors (Lipinski definition) is 5. The zero-order valence-electron chi connectivity index (χ0n) is 13.9. The van der Waals surface area contributed by atoms with E-state index in [4.69, 9.17) is 0 Å². The van der Waals surface area contributed by atoms with Gasteiger partial charge in [0.1, 0.15) is 0 Å². The summed E-state index contributed by atoms with van der Waals surface area (Å²) in [4.78, 5) is 15.3. The molecule has 2 aromatic heterocycles. The molecular formula is C16H22N2O3S3. The lowest BCUT2D eigenvalue weighted by atomic mass is 10.0. The Hall–Kier alpha value is -1.22. The van der Waals surface area contributed by atoms with E-state index < -0.39 is 10.0 Å². The van der Waals surface area contributed by atoms with E-state index in [1.807, 2.05) is 23.6 Å². The molecule has 0 radical (unpaired) electrons. The highest BCUT2D eigenvalue weighted by atomic mass is 32.2. The fourth-order valence-electron chi connectivity index (χ4n) is 2.24. The molecule has 8 heteroatoms. The predicted molar refractivity (Wildman–Crippen MR) is 100 cm³/mol. The van der Waals surface area contributed by atoms with Crippen LogP contribution in [0.5, 0.6) is 0 Å². The van der Waals surface area contributed by atoms with Crippen LogP contribution in [-0.2, 0) is 16.4 Å². The topological polar surface area (TPSA) is 75.3 Å². The van der Waals surface area contributed by atoms with Gasteiger partial charge in [-0.1, -0.05) is 19.9 Å². The molecule has 1 unspecified atom stereocenters. The summed E-state index contributed by atoms with van der Waals surface area (Å²) in [6.07, 6.45) is 1.71. The first kappa shape index (κ1) is 19.1. The standard InChI is InChI=1S/C16H22N2O3S3/c1-11(2)15(13-5-4-10-22-13)18-16(19)14-7-6-12(23-14)8-9-17-24(3,20)21/h4-7,10-11,15,17H,8-9H2,1-3H3,(H,18,19). The maximum atomic E-state index is 12.5. The van der Waals surface area contributed by atoms with Gasteiger partial charge in [0.05, 0.1) is 17.2 Å². The number of hydrogen-bond donors (Lipinski definition) is 2. The van der Waals surface area contributed by atoms with Gasteiger partial charge in [0.2, 0.25) is 10.0 Å². The normalized spacial score (nSPS) is 13.2. The maximum absolute atomic E-state index is 12.5. The second-order valence-corrected chi connectivity index (χ2v) is 9.87. The van der Waals surface area contributed by atoms with Gasteiger partial charge in [0, 0.05) is 16.3 Å². The second-order valence-electron chi connectivity index (χ2n) is 5.89. The lowest BCUT2D eigenvalue weighted by Gasteiger charge is -2.20. The van der Waals surface area contributed by atoms with E-state index in [-0.39, 0.29) is 11.9 Å². The summed E-state index contributed by atoms with van der Waals surface area (Å²) >= 11 is 3.04. The summed E-state index contributed by atoms with van der Waals surface area (Å²) in [7, 11) is -3.18. The van der Waals surface area contributed by atoms with Gasteiger partial charge in [0.25, 0.3) is 5.91 Å². The van der Waals surface area contributed by atoms with E-state index in [2.05, 4.69) is 23.9 Å². The van der Waals surface area contributed by atoms with Crippen molar-refractivity contribution in [3.8, 4) is 0 Å². The van der Waals surface area contributed by atoms with Crippen LogP contribution in [-0.4, -0.2) is 27.1 Å². The van der Waals surface area contributed by atoms with Crippen LogP contribution < -0.4 is 10.0 Å². The first-order valence-corrected chi connectivity index (χ1v) is 11.2. The Morgan fingerprint density at radius 2 is 2.00 bits per heavy atom. The molecule has 0 fully saturated rings. The monoisotopic (exact) mass is 386 g/mol. The summed E-state index contributed by atoms with van der Waals surface area (Å²) in [6.45, 7) is 4.51. The van der Waals surface area contributed by atoms with E-state index in [1.165, 1.54) is 11.3 Å². The Kier molecular flexibility index (Phi) is 6.56. The van der Waals surface area contributed by atoms with Gasteiger partial charge in [-0.25, -0.2) is 13.1 Å². The minimum Gasteiger partial charge on any atom is -0.343 e. The lowest BCUT2D eigenvalue weighted by molar-refractivity contribution is 0.0930. The SMILES string of the molecule is CC(C)C(NC(=O)c1ccc(CCNS(C)(=O)=O)s1)c1cccs1. The Morgan fingerprint density at radius 3 is 2.58 bits per heavy atom. The van der Waals surface area contributed by atoms with Crippen LogP contribution in [0.15, 0.2) is 29.6 Å². The highest BCUT2D eigenvalue weighted by Gasteiger charge is 2.20. The molecular weight excluding hydrogens is 364 g/mol. The molecule has 0 aromatic carbocycles. The molecule has 0 aliphatic heterocycles. The summed E-state index contributed by atoms with van der Waals surface area (Å²) in [5.74, 6) is 0.209. The quantitative estimate of drug-likeness (QED) is 0.732. The van der Waals surface area contributed by atoms with Crippen molar-refractivity contribution < 1.29 is 13.2 Å². The van der Waals surface area contributed by atoms with Gasteiger partial charge >= 0.3 is 0 Å². The Morgan fingerprint density at radius 1 is 1.25 bits per heavy atom. The molecule has 1 atom stereocenters. The van der Waals surface area contributed by atoms with Crippen molar-refractivity contribution in [1.82, 2.24) is 10.0 Å². The van der Waals surface area contributed by atoms with Crippen molar-refractivity contribution in [2.75, 3.05) is 12.8 Å². The fraction of sp³-hybridized carbons (Fsp3) is 0.438. The van der Waals surface area contributed by atoms with Crippen molar-refractivity contribution >= 4 is 38.6 Å². The van der Waals surface area contributed by atoms with Crippen LogP contribution >= 0.6 is 22.7 Å². The molecule has 2 N–H and O–H groups in total. The van der Waals surface area contributed by atoms with Gasteiger partial charge in [-0.3, -0.25) is 4.79 Å². The van der Waals surface area contributed by atoms with E-state index in [9.17, 15) is 13.2 Å². The zero-order chi connectivity index (χ0) is 17.7. The summed E-state index contributed by atoms with van der Waals surface area (Å²) in [6, 6.07) is 7.68. The molecule has 0 saturated carbocycles. The molecule has 24 heavy (non-hydrogen) atoms. The van der Waals surface area contributed by atoms with Crippen molar-refractivity contribution in [2.24, 2.45) is 5.92 Å². The van der Waals surface area contributed by atoms with E-state index in [1.54, 1.807) is 17.4 Å². The van der Waals surface area contributed by atoms with Crippen LogP contribution in [0, 0.1) is 5.92 Å². The van der Waals surface area contributed by atoms with Crippen LogP contribution in [0.3, 0.4) is 0 Å². The largest absolute Gasteiger partial charge is 0.343 e. The van der Waals surface area contributed by atoms with Gasteiger partial charge in [-0.2, -0.15) is 0 Å². The van der Waals surface area contributed by atoms with Gasteiger partial charge in [-0.15, -0.1) is 22.7 Å². The van der Waals surface area contributed by atoms with E-state index >= 15 is 0 Å². The molecule has 5 nitrogen and oxygen atoms in total. The van der Waals surface area contributed by atoms with E-state index in [0.29, 0.717) is 23.8 Å². The van der Waals surface area contributed by atoms with E-state index in [0.717, 1.165) is 16.0 Å². The van der Waals surface area contributed by atoms with Crippen molar-refractivity contribution in [2.45, 2.75) is 26.3 Å². The number of nitrogens with one attached hydrogen (secondary N) is 2. The van der Waals surface area contributed by atoms with Crippen molar-refractivity contribution in [3.05, 3.63) is 44.3 Å². The number of sulfonamides is 1. The minimum atomic E-state index is -3.18. The summed E-state index contributed by atoms with van der Waals surface area (Å²) in [5, 5.41) is 5.11. The molecule has 2 heterocycles. The minimum absolute atomic E-state index is 0.00467. The molecule has 0 spiro atoms. The molecule has 0 bridgehead atoms. The average Bonchev–Trinajstić information content (AvgIpc) is 3.14. The average molecular weight is 387 g/mol. The second kappa shape index (κ2) is 8.24. The molecule has 2 rings (SSSR count). The highest BCUT2D eigenvalue weighted by molar-refractivity contribution is 7.88. The first-order chi connectivity index (χ1) is 11.3. The van der Waals surface area contributed by atoms with Crippen LogP contribution in [0.25, 0.3) is 0 Å². The van der Waals surface area contributed by atoms with Crippen molar-refractivity contribution in [3.63, 3.8) is 0 Å². The molecule has 1 amide bonds. The number of carbonyl (C=O) groups is 1. The fourth-order valence-corrected chi connectivity index (χ4v) is 4.57. The van der Waals surface area contributed by atoms with Crippen LogP contribution in [0.2, 0.25) is 0 Å². The highest BCUT2D eigenvalue weighted by Crippen LogP contribution is 2.27. The van der Waals surface area contributed by atoms with Crippen molar-refractivity contribution in [1.29, 1.82) is 0 Å². The van der Waals surface area contributed by atoms with Gasteiger partial charge < -0.3 is 5.32 Å². The molecule has 0 saturated heterocycles. The van der Waals surface area contributed by atoms with Gasteiger partial charge in [-0.05, 0) is 35.9 Å². The van der Waals surface area contributed by atoms with Gasteiger partial charge in [0.15, 0.2) is 0 Å². The molecule has 132 valence electrons. The Labute approximate surface area is 151 Å². The van der Waals surface area contributed by atoms with Crippen LogP contribution in [0.1, 0.15) is 39.3 Å². The molecule has 0 aliphatic rings. The number of amides is 1. The Balaban J connectivity index is 1.97. The predicted octanol–water partition coefficient (Wildman–Crippen LogP) is 3.03. The third-order valence-corrected chi connectivity index (χ3v) is 6.25. The third-order valence-electron chi connectivity index (χ3n) is 3.42. The number of rotatable bonds is 8. The number of carbonyl (C=O) groups excluding carboxylic acids is 1.